The van der Waals surface area contributed by atoms with Crippen LogP contribution in [0, 0.1) is 5.92 Å². The maximum atomic E-state index is 5.94. The average Bonchev–Trinajstić information content (AvgIpc) is 2.68. The minimum absolute atomic E-state index is 0.329. The summed E-state index contributed by atoms with van der Waals surface area (Å²) < 4.78 is 5.94. The van der Waals surface area contributed by atoms with Gasteiger partial charge in [0.25, 0.3) is 0 Å². The second-order valence-corrected chi connectivity index (χ2v) is 5.70. The predicted molar refractivity (Wildman–Crippen MR) is 71.0 cm³/mol. The molecule has 2 saturated heterocycles. The second kappa shape index (κ2) is 6.72. The van der Waals surface area contributed by atoms with Crippen LogP contribution in [0.25, 0.3) is 0 Å². The van der Waals surface area contributed by atoms with E-state index in [1.807, 2.05) is 0 Å². The van der Waals surface area contributed by atoms with Crippen LogP contribution in [-0.2, 0) is 4.74 Å². The SMILES string of the molecule is CCC1CCCN(CC2CCC(CN)O2)CC1. The van der Waals surface area contributed by atoms with Crippen molar-refractivity contribution >= 4 is 0 Å². The van der Waals surface area contributed by atoms with Crippen molar-refractivity contribution < 1.29 is 4.74 Å². The first-order valence-electron chi connectivity index (χ1n) is 7.39. The summed E-state index contributed by atoms with van der Waals surface area (Å²) in [5, 5.41) is 0. The smallest absolute Gasteiger partial charge is 0.0707 e. The van der Waals surface area contributed by atoms with Gasteiger partial charge in [-0.25, -0.2) is 0 Å². The van der Waals surface area contributed by atoms with Crippen LogP contribution in [0.2, 0.25) is 0 Å². The molecule has 0 aromatic heterocycles. The van der Waals surface area contributed by atoms with Gasteiger partial charge in [0.1, 0.15) is 0 Å². The molecule has 2 aliphatic heterocycles. The standard InChI is InChI=1S/C14H28N2O/c1-2-12-4-3-8-16(9-7-12)11-14-6-5-13(10-15)17-14/h12-14H,2-11,15H2,1H3. The van der Waals surface area contributed by atoms with Crippen LogP contribution >= 0.6 is 0 Å². The fraction of sp³-hybridized carbons (Fsp3) is 1.00. The Kier molecular flexibility index (Phi) is 5.26. The van der Waals surface area contributed by atoms with Gasteiger partial charge in [-0.1, -0.05) is 13.3 Å². The molecule has 2 rings (SSSR count). The molecule has 3 heteroatoms. The van der Waals surface area contributed by atoms with E-state index in [4.69, 9.17) is 10.5 Å². The molecule has 17 heavy (non-hydrogen) atoms. The van der Waals surface area contributed by atoms with Gasteiger partial charge in [0, 0.05) is 13.1 Å². The number of hydrogen-bond acceptors (Lipinski definition) is 3. The van der Waals surface area contributed by atoms with Gasteiger partial charge in [-0.3, -0.25) is 0 Å². The van der Waals surface area contributed by atoms with Crippen LogP contribution in [0.3, 0.4) is 0 Å². The number of likely N-dealkylation sites (tertiary alicyclic amines) is 1. The third kappa shape index (κ3) is 3.94. The van der Waals surface area contributed by atoms with E-state index >= 15 is 0 Å². The quantitative estimate of drug-likeness (QED) is 0.817. The van der Waals surface area contributed by atoms with E-state index in [0.717, 1.165) is 18.9 Å². The van der Waals surface area contributed by atoms with Crippen molar-refractivity contribution in [3.05, 3.63) is 0 Å². The molecular formula is C14H28N2O. The summed E-state index contributed by atoms with van der Waals surface area (Å²) in [5.74, 6) is 0.960. The lowest BCUT2D eigenvalue weighted by atomic mass is 9.98. The van der Waals surface area contributed by atoms with Crippen LogP contribution in [-0.4, -0.2) is 43.3 Å². The van der Waals surface area contributed by atoms with Crippen molar-refractivity contribution in [2.45, 2.75) is 57.7 Å². The summed E-state index contributed by atoms with van der Waals surface area (Å²) in [5.41, 5.74) is 5.65. The number of rotatable bonds is 4. The topological polar surface area (TPSA) is 38.5 Å². The molecule has 2 N–H and O–H groups in total. The monoisotopic (exact) mass is 240 g/mol. The van der Waals surface area contributed by atoms with E-state index in [1.165, 1.54) is 45.2 Å². The lowest BCUT2D eigenvalue weighted by Gasteiger charge is -2.24. The van der Waals surface area contributed by atoms with E-state index in [9.17, 15) is 0 Å². The zero-order valence-corrected chi connectivity index (χ0v) is 11.2. The van der Waals surface area contributed by atoms with Crippen LogP contribution < -0.4 is 5.73 Å². The van der Waals surface area contributed by atoms with Crippen LogP contribution in [0.4, 0.5) is 0 Å². The molecule has 2 heterocycles. The largest absolute Gasteiger partial charge is 0.372 e. The first kappa shape index (κ1) is 13.3. The summed E-state index contributed by atoms with van der Waals surface area (Å²) in [7, 11) is 0. The fourth-order valence-corrected chi connectivity index (χ4v) is 3.19. The van der Waals surface area contributed by atoms with Crippen LogP contribution in [0.1, 0.15) is 45.4 Å². The number of hydrogen-bond donors (Lipinski definition) is 1. The molecule has 3 atom stereocenters. The van der Waals surface area contributed by atoms with Crippen molar-refractivity contribution in [3.8, 4) is 0 Å². The summed E-state index contributed by atoms with van der Waals surface area (Å²) in [4.78, 5) is 2.61. The average molecular weight is 240 g/mol. The molecule has 0 aliphatic carbocycles. The summed E-state index contributed by atoms with van der Waals surface area (Å²) in [6, 6.07) is 0. The highest BCUT2D eigenvalue weighted by molar-refractivity contribution is 4.78. The minimum Gasteiger partial charge on any atom is -0.372 e. The van der Waals surface area contributed by atoms with Crippen molar-refractivity contribution in [3.63, 3.8) is 0 Å². The number of nitrogens with two attached hydrogens (primary N) is 1. The van der Waals surface area contributed by atoms with E-state index in [2.05, 4.69) is 11.8 Å². The predicted octanol–water partition coefficient (Wildman–Crippen LogP) is 2.00. The molecule has 100 valence electrons. The molecule has 0 aromatic carbocycles. The van der Waals surface area contributed by atoms with Crippen molar-refractivity contribution in [1.29, 1.82) is 0 Å². The molecule has 3 nitrogen and oxygen atoms in total. The van der Waals surface area contributed by atoms with Crippen LogP contribution in [0.15, 0.2) is 0 Å². The van der Waals surface area contributed by atoms with Gasteiger partial charge < -0.3 is 15.4 Å². The van der Waals surface area contributed by atoms with E-state index < -0.39 is 0 Å². The van der Waals surface area contributed by atoms with Crippen molar-refractivity contribution in [2.24, 2.45) is 11.7 Å². The summed E-state index contributed by atoms with van der Waals surface area (Å²) >= 11 is 0. The second-order valence-electron chi connectivity index (χ2n) is 5.70. The highest BCUT2D eigenvalue weighted by Crippen LogP contribution is 2.23. The number of nitrogens with zero attached hydrogens (tertiary/aromatic N) is 1. The molecule has 0 radical (unpaired) electrons. The zero-order valence-electron chi connectivity index (χ0n) is 11.2. The first-order valence-corrected chi connectivity index (χ1v) is 7.39. The molecule has 0 bridgehead atoms. The molecule has 2 fully saturated rings. The first-order chi connectivity index (χ1) is 8.31. The molecule has 0 spiro atoms. The Morgan fingerprint density at radius 1 is 1.12 bits per heavy atom. The lowest BCUT2D eigenvalue weighted by Crippen LogP contribution is -2.34. The van der Waals surface area contributed by atoms with Crippen molar-refractivity contribution in [2.75, 3.05) is 26.2 Å². The van der Waals surface area contributed by atoms with Gasteiger partial charge in [0.15, 0.2) is 0 Å². The van der Waals surface area contributed by atoms with Crippen LogP contribution in [0.5, 0.6) is 0 Å². The zero-order chi connectivity index (χ0) is 12.1. The summed E-state index contributed by atoms with van der Waals surface area (Å²) in [6.07, 6.45) is 8.65. The Labute approximate surface area is 106 Å². The Hall–Kier alpha value is -0.120. The molecule has 0 saturated carbocycles. The third-order valence-corrected chi connectivity index (χ3v) is 4.44. The van der Waals surface area contributed by atoms with Gasteiger partial charge in [-0.05, 0) is 51.1 Å². The maximum absolute atomic E-state index is 5.94. The van der Waals surface area contributed by atoms with Gasteiger partial charge in [-0.2, -0.15) is 0 Å². The highest BCUT2D eigenvalue weighted by Gasteiger charge is 2.26. The van der Waals surface area contributed by atoms with Crippen molar-refractivity contribution in [1.82, 2.24) is 4.90 Å². The maximum Gasteiger partial charge on any atom is 0.0707 e. The minimum atomic E-state index is 0.329. The van der Waals surface area contributed by atoms with E-state index in [0.29, 0.717) is 18.8 Å². The van der Waals surface area contributed by atoms with Gasteiger partial charge in [-0.15, -0.1) is 0 Å². The molecule has 0 aromatic rings. The summed E-state index contributed by atoms with van der Waals surface area (Å²) in [6.45, 7) is 6.68. The Bertz CT molecular complexity index is 222. The van der Waals surface area contributed by atoms with Gasteiger partial charge in [0.05, 0.1) is 12.2 Å². The van der Waals surface area contributed by atoms with Gasteiger partial charge >= 0.3 is 0 Å². The fourth-order valence-electron chi connectivity index (χ4n) is 3.19. The van der Waals surface area contributed by atoms with E-state index in [-0.39, 0.29) is 0 Å². The van der Waals surface area contributed by atoms with Gasteiger partial charge in [0.2, 0.25) is 0 Å². The molecular weight excluding hydrogens is 212 g/mol. The molecule has 2 aliphatic rings. The third-order valence-electron chi connectivity index (χ3n) is 4.44. The molecule has 3 unspecified atom stereocenters. The van der Waals surface area contributed by atoms with E-state index in [1.54, 1.807) is 0 Å². The lowest BCUT2D eigenvalue weighted by molar-refractivity contribution is 0.0275. The normalized spacial score (nSPS) is 36.0. The Balaban J connectivity index is 1.72. The molecule has 0 amide bonds. The Morgan fingerprint density at radius 2 is 1.94 bits per heavy atom. The Morgan fingerprint density at radius 3 is 2.65 bits per heavy atom. The number of ether oxygens (including phenoxy) is 1. The highest BCUT2D eigenvalue weighted by atomic mass is 16.5.